The largest absolute Gasteiger partial charge is 0.369 e. The minimum Gasteiger partial charge on any atom is -0.369 e. The number of hydrogen-bond acceptors (Lipinski definition) is 4. The van der Waals surface area contributed by atoms with Crippen LogP contribution in [0.2, 0.25) is 0 Å². The summed E-state index contributed by atoms with van der Waals surface area (Å²) in [4.78, 5) is 2.32. The van der Waals surface area contributed by atoms with Crippen molar-refractivity contribution in [2.75, 3.05) is 36.4 Å². The van der Waals surface area contributed by atoms with E-state index in [1.165, 1.54) is 17.8 Å². The van der Waals surface area contributed by atoms with Gasteiger partial charge in [0.1, 0.15) is 5.82 Å². The summed E-state index contributed by atoms with van der Waals surface area (Å²) in [5.41, 5.74) is 2.63. The molecule has 0 saturated carbocycles. The Morgan fingerprint density at radius 3 is 2.27 bits per heavy atom. The van der Waals surface area contributed by atoms with Gasteiger partial charge < -0.3 is 20.6 Å². The first-order chi connectivity index (χ1) is 10.7. The molecule has 1 fully saturated rings. The van der Waals surface area contributed by atoms with E-state index in [1.54, 1.807) is 12.1 Å². The lowest BCUT2D eigenvalue weighted by Crippen LogP contribution is -2.43. The molecule has 0 spiro atoms. The quantitative estimate of drug-likeness (QED) is 0.759. The average Bonchev–Trinajstić information content (AvgIpc) is 2.58. The van der Waals surface area contributed by atoms with Crippen molar-refractivity contribution < 1.29 is 9.50 Å². The maximum atomic E-state index is 12.9. The maximum absolute atomic E-state index is 12.9. The first kappa shape index (κ1) is 14.8. The Morgan fingerprint density at radius 1 is 1.00 bits per heavy atom. The SMILES string of the molecule is OC(Nc1ccc(F)cc1)c1ccc(N2CCNCC2)cc1. The van der Waals surface area contributed by atoms with E-state index in [4.69, 9.17) is 0 Å². The van der Waals surface area contributed by atoms with Gasteiger partial charge in [0.25, 0.3) is 0 Å². The number of hydrogen-bond donors (Lipinski definition) is 3. The molecule has 1 atom stereocenters. The van der Waals surface area contributed by atoms with Crippen molar-refractivity contribution in [3.05, 3.63) is 59.9 Å². The molecule has 1 saturated heterocycles. The van der Waals surface area contributed by atoms with Crippen LogP contribution >= 0.6 is 0 Å². The fourth-order valence-corrected chi connectivity index (χ4v) is 2.58. The molecule has 3 rings (SSSR count). The van der Waals surface area contributed by atoms with Gasteiger partial charge in [-0.15, -0.1) is 0 Å². The number of piperazine rings is 1. The van der Waals surface area contributed by atoms with Crippen molar-refractivity contribution in [1.29, 1.82) is 0 Å². The molecule has 22 heavy (non-hydrogen) atoms. The zero-order valence-electron chi connectivity index (χ0n) is 12.3. The third kappa shape index (κ3) is 3.55. The van der Waals surface area contributed by atoms with E-state index in [1.807, 2.05) is 24.3 Å². The molecule has 1 heterocycles. The van der Waals surface area contributed by atoms with Crippen LogP contribution in [0.15, 0.2) is 48.5 Å². The van der Waals surface area contributed by atoms with Crippen molar-refractivity contribution in [1.82, 2.24) is 5.32 Å². The van der Waals surface area contributed by atoms with Gasteiger partial charge in [0, 0.05) is 43.1 Å². The van der Waals surface area contributed by atoms with Crippen LogP contribution in [0.25, 0.3) is 0 Å². The summed E-state index contributed by atoms with van der Waals surface area (Å²) < 4.78 is 12.9. The lowest BCUT2D eigenvalue weighted by molar-refractivity contribution is 0.208. The first-order valence-corrected chi connectivity index (χ1v) is 7.48. The molecular weight excluding hydrogens is 281 g/mol. The van der Waals surface area contributed by atoms with Crippen LogP contribution in [0.5, 0.6) is 0 Å². The zero-order chi connectivity index (χ0) is 15.4. The Hall–Kier alpha value is -2.11. The van der Waals surface area contributed by atoms with Gasteiger partial charge in [-0.3, -0.25) is 0 Å². The minimum atomic E-state index is -0.817. The van der Waals surface area contributed by atoms with Crippen LogP contribution in [0, 0.1) is 5.82 Å². The average molecular weight is 301 g/mol. The third-order valence-corrected chi connectivity index (χ3v) is 3.84. The summed E-state index contributed by atoms with van der Waals surface area (Å²) in [6, 6.07) is 13.8. The molecule has 4 nitrogen and oxygen atoms in total. The molecule has 0 aromatic heterocycles. The van der Waals surface area contributed by atoms with Crippen LogP contribution in [-0.2, 0) is 0 Å². The Morgan fingerprint density at radius 2 is 1.64 bits per heavy atom. The number of halogens is 1. The monoisotopic (exact) mass is 301 g/mol. The molecule has 0 bridgehead atoms. The van der Waals surface area contributed by atoms with Gasteiger partial charge in [-0.25, -0.2) is 4.39 Å². The van der Waals surface area contributed by atoms with Crippen molar-refractivity contribution in [3.8, 4) is 0 Å². The lowest BCUT2D eigenvalue weighted by atomic mass is 10.1. The topological polar surface area (TPSA) is 47.5 Å². The van der Waals surface area contributed by atoms with Crippen LogP contribution in [0.1, 0.15) is 11.8 Å². The number of aliphatic hydroxyl groups is 1. The first-order valence-electron chi connectivity index (χ1n) is 7.48. The summed E-state index contributed by atoms with van der Waals surface area (Å²) in [6.45, 7) is 3.98. The number of aliphatic hydroxyl groups excluding tert-OH is 1. The molecule has 5 heteroatoms. The van der Waals surface area contributed by atoms with Crippen molar-refractivity contribution in [3.63, 3.8) is 0 Å². The van der Waals surface area contributed by atoms with Crippen LogP contribution < -0.4 is 15.5 Å². The Bertz CT molecular complexity index is 594. The van der Waals surface area contributed by atoms with E-state index in [9.17, 15) is 9.50 Å². The van der Waals surface area contributed by atoms with E-state index in [2.05, 4.69) is 15.5 Å². The van der Waals surface area contributed by atoms with E-state index >= 15 is 0 Å². The Labute approximate surface area is 129 Å². The maximum Gasteiger partial charge on any atom is 0.150 e. The molecule has 0 amide bonds. The van der Waals surface area contributed by atoms with E-state index in [-0.39, 0.29) is 5.82 Å². The summed E-state index contributed by atoms with van der Waals surface area (Å²) in [7, 11) is 0. The molecule has 2 aromatic rings. The van der Waals surface area contributed by atoms with E-state index < -0.39 is 6.23 Å². The van der Waals surface area contributed by atoms with Gasteiger partial charge in [0.05, 0.1) is 0 Å². The summed E-state index contributed by atoms with van der Waals surface area (Å²) in [5, 5.41) is 16.5. The standard InChI is InChI=1S/C17H20FN3O/c18-14-3-5-15(6-4-14)20-17(22)13-1-7-16(8-2-13)21-11-9-19-10-12-21/h1-8,17,19-20,22H,9-12H2. The number of nitrogens with zero attached hydrogens (tertiary/aromatic N) is 1. The van der Waals surface area contributed by atoms with Gasteiger partial charge in [-0.1, -0.05) is 12.1 Å². The molecule has 1 unspecified atom stereocenters. The molecular formula is C17H20FN3O. The second kappa shape index (κ2) is 6.77. The molecule has 1 aliphatic heterocycles. The van der Waals surface area contributed by atoms with Crippen molar-refractivity contribution in [2.45, 2.75) is 6.23 Å². The predicted octanol–water partition coefficient (Wildman–Crippen LogP) is 2.34. The van der Waals surface area contributed by atoms with Gasteiger partial charge in [0.2, 0.25) is 0 Å². The predicted molar refractivity (Wildman–Crippen MR) is 86.5 cm³/mol. The summed E-state index contributed by atoms with van der Waals surface area (Å²) >= 11 is 0. The second-order valence-electron chi connectivity index (χ2n) is 5.38. The highest BCUT2D eigenvalue weighted by Gasteiger charge is 2.12. The van der Waals surface area contributed by atoms with Crippen LogP contribution in [0.4, 0.5) is 15.8 Å². The highest BCUT2D eigenvalue weighted by atomic mass is 19.1. The zero-order valence-corrected chi connectivity index (χ0v) is 12.3. The third-order valence-electron chi connectivity index (χ3n) is 3.84. The fourth-order valence-electron chi connectivity index (χ4n) is 2.58. The number of anilines is 2. The van der Waals surface area contributed by atoms with Crippen molar-refractivity contribution >= 4 is 11.4 Å². The van der Waals surface area contributed by atoms with Gasteiger partial charge in [-0.2, -0.15) is 0 Å². The van der Waals surface area contributed by atoms with Gasteiger partial charge >= 0.3 is 0 Å². The molecule has 3 N–H and O–H groups in total. The van der Waals surface area contributed by atoms with Gasteiger partial charge in [0.15, 0.2) is 6.23 Å². The van der Waals surface area contributed by atoms with Crippen LogP contribution in [0.3, 0.4) is 0 Å². The molecule has 1 aliphatic rings. The Balaban J connectivity index is 1.65. The molecule has 2 aromatic carbocycles. The smallest absolute Gasteiger partial charge is 0.150 e. The molecule has 0 aliphatic carbocycles. The van der Waals surface area contributed by atoms with E-state index in [0.29, 0.717) is 5.69 Å². The summed E-state index contributed by atoms with van der Waals surface area (Å²) in [6.07, 6.45) is -0.817. The molecule has 116 valence electrons. The second-order valence-corrected chi connectivity index (χ2v) is 5.38. The minimum absolute atomic E-state index is 0.291. The number of benzene rings is 2. The van der Waals surface area contributed by atoms with Crippen molar-refractivity contribution in [2.24, 2.45) is 0 Å². The summed E-state index contributed by atoms with van der Waals surface area (Å²) in [5.74, 6) is -0.291. The van der Waals surface area contributed by atoms with Crippen LogP contribution in [-0.4, -0.2) is 31.3 Å². The normalized spacial score (nSPS) is 16.4. The Kier molecular flexibility index (Phi) is 4.56. The van der Waals surface area contributed by atoms with E-state index in [0.717, 1.165) is 31.7 Å². The number of nitrogens with one attached hydrogen (secondary N) is 2. The lowest BCUT2D eigenvalue weighted by Gasteiger charge is -2.29. The number of rotatable bonds is 4. The molecule has 0 radical (unpaired) electrons. The highest BCUT2D eigenvalue weighted by Crippen LogP contribution is 2.21. The fraction of sp³-hybridized carbons (Fsp3) is 0.294. The highest BCUT2D eigenvalue weighted by molar-refractivity contribution is 5.50. The van der Waals surface area contributed by atoms with Gasteiger partial charge in [-0.05, 0) is 36.4 Å².